The summed E-state index contributed by atoms with van der Waals surface area (Å²) in [7, 11) is 0. The fourth-order valence-corrected chi connectivity index (χ4v) is 9.94. The third kappa shape index (κ3) is 68.7. The molecule has 0 aliphatic rings. The molecule has 0 aromatic rings. The van der Waals surface area contributed by atoms with Crippen LogP contribution in [0.2, 0.25) is 0 Å². The lowest BCUT2D eigenvalue weighted by Gasteiger charge is -2.18. The Labute approximate surface area is 514 Å². The van der Waals surface area contributed by atoms with Crippen molar-refractivity contribution in [1.82, 2.24) is 0 Å². The van der Waals surface area contributed by atoms with E-state index in [0.717, 1.165) is 116 Å². The molecular weight excluding hydrogens is 1020 g/mol. The number of hydrogen-bond donors (Lipinski definition) is 0. The van der Waals surface area contributed by atoms with E-state index in [1.807, 2.05) is 0 Å². The molecule has 0 heterocycles. The molecule has 476 valence electrons. The Balaban J connectivity index is 4.42. The highest BCUT2D eigenvalue weighted by Gasteiger charge is 2.19. The van der Waals surface area contributed by atoms with E-state index in [1.54, 1.807) is 0 Å². The predicted molar refractivity (Wildman–Crippen MR) is 362 cm³/mol. The molecule has 6 heteroatoms. The van der Waals surface area contributed by atoms with Gasteiger partial charge in [0.25, 0.3) is 0 Å². The average molecular weight is 1150 g/mol. The summed E-state index contributed by atoms with van der Waals surface area (Å²) >= 11 is 0. The van der Waals surface area contributed by atoms with Gasteiger partial charge in [0.1, 0.15) is 13.2 Å². The predicted octanol–water partition coefficient (Wildman–Crippen LogP) is 24.6. The number of allylic oxidation sites excluding steroid dienone is 18. The van der Waals surface area contributed by atoms with Crippen LogP contribution >= 0.6 is 0 Å². The Morgan fingerprint density at radius 3 is 0.747 bits per heavy atom. The molecular formula is C77H132O6. The minimum Gasteiger partial charge on any atom is -0.462 e. The smallest absolute Gasteiger partial charge is 0.306 e. The summed E-state index contributed by atoms with van der Waals surface area (Å²) < 4.78 is 17.0. The molecule has 0 aliphatic heterocycles. The second kappa shape index (κ2) is 70.6. The molecule has 0 N–H and O–H groups in total. The number of esters is 3. The van der Waals surface area contributed by atoms with E-state index in [0.29, 0.717) is 19.3 Å². The summed E-state index contributed by atoms with van der Waals surface area (Å²) in [5.41, 5.74) is 0. The van der Waals surface area contributed by atoms with Crippen LogP contribution in [0.1, 0.15) is 342 Å². The van der Waals surface area contributed by atoms with Crippen LogP contribution in [0.4, 0.5) is 0 Å². The lowest BCUT2D eigenvalue weighted by atomic mass is 10.1. The first-order valence-electron chi connectivity index (χ1n) is 35.4. The van der Waals surface area contributed by atoms with E-state index in [9.17, 15) is 14.4 Å². The topological polar surface area (TPSA) is 78.9 Å². The number of carbonyl (C=O) groups is 3. The summed E-state index contributed by atoms with van der Waals surface area (Å²) in [6.45, 7) is 6.53. The normalized spacial score (nSPS) is 12.8. The summed E-state index contributed by atoms with van der Waals surface area (Å²) in [4.78, 5) is 38.5. The van der Waals surface area contributed by atoms with E-state index in [4.69, 9.17) is 14.2 Å². The SMILES string of the molecule is CC/C=C\C/C=C\C/C=C\C/C=C\C/C=C\C/C=C\CCCCCCCCC(=O)OCC(COC(=O)CCCCCCCCCCC/C=C\CCCCCCCC)OC(=O)CCCCCCCCCCC/C=C\C/C=C\CCCCCCC. The summed E-state index contributed by atoms with van der Waals surface area (Å²) in [5, 5.41) is 0. The van der Waals surface area contributed by atoms with Crippen LogP contribution < -0.4 is 0 Å². The number of ether oxygens (including phenoxy) is 3. The zero-order valence-electron chi connectivity index (χ0n) is 54.7. The molecule has 1 unspecified atom stereocenters. The minimum atomic E-state index is -0.792. The van der Waals surface area contributed by atoms with Crippen molar-refractivity contribution in [3.05, 3.63) is 109 Å². The zero-order chi connectivity index (χ0) is 59.9. The average Bonchev–Trinajstić information content (AvgIpc) is 3.50. The maximum absolute atomic E-state index is 13.0. The fraction of sp³-hybridized carbons (Fsp3) is 0.727. The lowest BCUT2D eigenvalue weighted by molar-refractivity contribution is -0.167. The first kappa shape index (κ1) is 79.1. The molecule has 1 atom stereocenters. The molecule has 0 radical (unpaired) electrons. The van der Waals surface area contributed by atoms with Gasteiger partial charge in [0.15, 0.2) is 6.10 Å². The highest BCUT2D eigenvalue weighted by Crippen LogP contribution is 2.16. The van der Waals surface area contributed by atoms with E-state index in [-0.39, 0.29) is 31.1 Å². The van der Waals surface area contributed by atoms with Crippen molar-refractivity contribution < 1.29 is 28.6 Å². The molecule has 0 saturated heterocycles. The van der Waals surface area contributed by atoms with Crippen LogP contribution in [0, 0.1) is 0 Å². The third-order valence-electron chi connectivity index (χ3n) is 15.2. The second-order valence-corrected chi connectivity index (χ2v) is 23.4. The van der Waals surface area contributed by atoms with Crippen molar-refractivity contribution in [2.45, 2.75) is 348 Å². The molecule has 0 aromatic carbocycles. The molecule has 0 fully saturated rings. The molecule has 83 heavy (non-hydrogen) atoms. The lowest BCUT2D eigenvalue weighted by Crippen LogP contribution is -2.30. The van der Waals surface area contributed by atoms with Gasteiger partial charge in [0.05, 0.1) is 0 Å². The highest BCUT2D eigenvalue weighted by atomic mass is 16.6. The van der Waals surface area contributed by atoms with Crippen LogP contribution in [-0.4, -0.2) is 37.2 Å². The van der Waals surface area contributed by atoms with Gasteiger partial charge < -0.3 is 14.2 Å². The van der Waals surface area contributed by atoms with Crippen molar-refractivity contribution in [1.29, 1.82) is 0 Å². The first-order chi connectivity index (χ1) is 41.0. The van der Waals surface area contributed by atoms with Crippen molar-refractivity contribution in [3.63, 3.8) is 0 Å². The molecule has 0 rings (SSSR count). The van der Waals surface area contributed by atoms with Gasteiger partial charge in [-0.25, -0.2) is 0 Å². The summed E-state index contributed by atoms with van der Waals surface area (Å²) in [6, 6.07) is 0. The molecule has 0 bridgehead atoms. The maximum Gasteiger partial charge on any atom is 0.306 e. The van der Waals surface area contributed by atoms with Gasteiger partial charge in [-0.1, -0.05) is 304 Å². The van der Waals surface area contributed by atoms with Crippen molar-refractivity contribution in [3.8, 4) is 0 Å². The summed E-state index contributed by atoms with van der Waals surface area (Å²) in [6.07, 6.45) is 96.7. The Morgan fingerprint density at radius 1 is 0.253 bits per heavy atom. The van der Waals surface area contributed by atoms with E-state index in [2.05, 4.69) is 130 Å². The van der Waals surface area contributed by atoms with Crippen LogP contribution in [0.25, 0.3) is 0 Å². The van der Waals surface area contributed by atoms with Crippen LogP contribution in [-0.2, 0) is 28.6 Å². The number of unbranched alkanes of at least 4 members (excludes halogenated alkanes) is 35. The number of hydrogen-bond acceptors (Lipinski definition) is 6. The van der Waals surface area contributed by atoms with Crippen LogP contribution in [0.15, 0.2) is 109 Å². The van der Waals surface area contributed by atoms with Crippen molar-refractivity contribution in [2.75, 3.05) is 13.2 Å². The van der Waals surface area contributed by atoms with Gasteiger partial charge in [0, 0.05) is 19.3 Å². The Kier molecular flexibility index (Phi) is 67.2. The van der Waals surface area contributed by atoms with Crippen molar-refractivity contribution >= 4 is 17.9 Å². The Morgan fingerprint density at radius 2 is 0.470 bits per heavy atom. The zero-order valence-corrected chi connectivity index (χ0v) is 54.7. The maximum atomic E-state index is 13.0. The number of rotatable bonds is 64. The fourth-order valence-electron chi connectivity index (χ4n) is 9.94. The molecule has 0 saturated carbocycles. The second-order valence-electron chi connectivity index (χ2n) is 23.4. The third-order valence-corrected chi connectivity index (χ3v) is 15.2. The van der Waals surface area contributed by atoms with Gasteiger partial charge >= 0.3 is 17.9 Å². The molecule has 0 aliphatic carbocycles. The van der Waals surface area contributed by atoms with Crippen LogP contribution in [0.3, 0.4) is 0 Å². The van der Waals surface area contributed by atoms with Gasteiger partial charge in [-0.15, -0.1) is 0 Å². The molecule has 0 aromatic heterocycles. The quantitative estimate of drug-likeness (QED) is 0.0261. The molecule has 0 spiro atoms. The standard InChI is InChI=1S/C77H132O6/c1-4-7-10-13-16-19-22-25-28-31-34-36-37-38-39-41-43-46-49-52-55-58-61-64-67-70-76(79)82-73-74(72-81-75(78)69-66-63-60-57-54-51-48-45-42-33-30-27-24-21-18-15-12-9-6-3)83-77(80)71-68-65-62-59-56-53-50-47-44-40-35-32-29-26-23-20-17-14-11-8-5-2/h7,10,16,19,23,25-28,30,32,34-36,38-39,43,46,74H,4-6,8-9,11-15,17-18,20-22,24,29,31,33,37,40-42,44-45,47-73H2,1-3H3/b10-7-,19-16-,26-23-,28-25-,30-27-,35-32-,36-34-,39-38-,46-43-. The van der Waals surface area contributed by atoms with Crippen LogP contribution in [0.5, 0.6) is 0 Å². The molecule has 6 nitrogen and oxygen atoms in total. The minimum absolute atomic E-state index is 0.0850. The molecule has 0 amide bonds. The largest absolute Gasteiger partial charge is 0.462 e. The number of carbonyl (C=O) groups excluding carboxylic acids is 3. The Bertz CT molecular complexity index is 1660. The van der Waals surface area contributed by atoms with Gasteiger partial charge in [-0.2, -0.15) is 0 Å². The summed E-state index contributed by atoms with van der Waals surface area (Å²) in [5.74, 6) is -0.892. The van der Waals surface area contributed by atoms with Gasteiger partial charge in [-0.3, -0.25) is 14.4 Å². The van der Waals surface area contributed by atoms with E-state index < -0.39 is 6.10 Å². The highest BCUT2D eigenvalue weighted by molar-refractivity contribution is 5.71. The van der Waals surface area contributed by atoms with E-state index >= 15 is 0 Å². The first-order valence-corrected chi connectivity index (χ1v) is 35.4. The monoisotopic (exact) mass is 1150 g/mol. The van der Waals surface area contributed by atoms with Gasteiger partial charge in [-0.05, 0) is 128 Å². The van der Waals surface area contributed by atoms with Gasteiger partial charge in [0.2, 0.25) is 0 Å². The van der Waals surface area contributed by atoms with E-state index in [1.165, 1.54) is 186 Å². The van der Waals surface area contributed by atoms with Crippen molar-refractivity contribution in [2.24, 2.45) is 0 Å². The Hall–Kier alpha value is -3.93.